The van der Waals surface area contributed by atoms with E-state index in [1.165, 1.54) is 0 Å². The summed E-state index contributed by atoms with van der Waals surface area (Å²) in [6, 6.07) is 9.96. The van der Waals surface area contributed by atoms with Crippen LogP contribution in [0.3, 0.4) is 0 Å². The van der Waals surface area contributed by atoms with Gasteiger partial charge in [0.1, 0.15) is 0 Å². The third-order valence-corrected chi connectivity index (χ3v) is 1.81. The summed E-state index contributed by atoms with van der Waals surface area (Å²) in [7, 11) is 1.66. The quantitative estimate of drug-likeness (QED) is 0.531. The van der Waals surface area contributed by atoms with Crippen LogP contribution in [0, 0.1) is 5.92 Å². The van der Waals surface area contributed by atoms with Crippen molar-refractivity contribution in [2.24, 2.45) is 10.9 Å². The van der Waals surface area contributed by atoms with E-state index in [-0.39, 0.29) is 0 Å². The molecule has 0 aliphatic rings. The molecule has 0 N–H and O–H groups in total. The molecule has 0 saturated carbocycles. The molecule has 0 aliphatic carbocycles. The van der Waals surface area contributed by atoms with Gasteiger partial charge in [0.05, 0.1) is 7.11 Å². The van der Waals surface area contributed by atoms with Crippen molar-refractivity contribution < 1.29 is 4.74 Å². The van der Waals surface area contributed by atoms with Gasteiger partial charge in [-0.15, -0.1) is 0 Å². The van der Waals surface area contributed by atoms with E-state index in [0.29, 0.717) is 5.92 Å². The number of benzene rings is 1. The van der Waals surface area contributed by atoms with Gasteiger partial charge in [-0.05, 0) is 18.1 Å². The number of hydrogen-bond acceptors (Lipinski definition) is 2. The van der Waals surface area contributed by atoms with E-state index in [9.17, 15) is 0 Å². The fourth-order valence-corrected chi connectivity index (χ4v) is 1.12. The summed E-state index contributed by atoms with van der Waals surface area (Å²) in [5.41, 5.74) is 1.04. The van der Waals surface area contributed by atoms with Crippen LogP contribution >= 0.6 is 0 Å². The van der Waals surface area contributed by atoms with E-state index in [0.717, 1.165) is 18.0 Å². The second-order valence-electron chi connectivity index (χ2n) is 3.61. The van der Waals surface area contributed by atoms with Crippen molar-refractivity contribution in [2.75, 3.05) is 13.7 Å². The molecule has 2 nitrogen and oxygen atoms in total. The predicted octanol–water partition coefficient (Wildman–Crippen LogP) is 2.74. The second-order valence-corrected chi connectivity index (χ2v) is 3.61. The zero-order valence-corrected chi connectivity index (χ0v) is 9.03. The first-order valence-electron chi connectivity index (χ1n) is 4.88. The Morgan fingerprint density at radius 1 is 1.29 bits per heavy atom. The number of hydrogen-bond donors (Lipinski definition) is 0. The first kappa shape index (κ1) is 10.8. The highest BCUT2D eigenvalue weighted by Gasteiger charge is 2.01. The maximum atomic E-state index is 5.24. The van der Waals surface area contributed by atoms with Crippen LogP contribution in [-0.2, 0) is 4.74 Å². The molecule has 0 aromatic heterocycles. The SMILES string of the molecule is COC(=NCC(C)C)c1ccccc1. The maximum Gasteiger partial charge on any atom is 0.215 e. The zero-order chi connectivity index (χ0) is 10.4. The van der Waals surface area contributed by atoms with Crippen molar-refractivity contribution in [1.82, 2.24) is 0 Å². The topological polar surface area (TPSA) is 21.6 Å². The number of ether oxygens (including phenoxy) is 1. The molecule has 14 heavy (non-hydrogen) atoms. The minimum absolute atomic E-state index is 0.559. The molecule has 2 heteroatoms. The Morgan fingerprint density at radius 2 is 1.93 bits per heavy atom. The Bertz CT molecular complexity index is 290. The maximum absolute atomic E-state index is 5.24. The van der Waals surface area contributed by atoms with Crippen LogP contribution < -0.4 is 0 Å². The normalized spacial score (nSPS) is 11.9. The van der Waals surface area contributed by atoms with Crippen LogP contribution in [0.5, 0.6) is 0 Å². The van der Waals surface area contributed by atoms with E-state index in [1.807, 2.05) is 30.3 Å². The van der Waals surface area contributed by atoms with Crippen LogP contribution in [0.4, 0.5) is 0 Å². The summed E-state index contributed by atoms with van der Waals surface area (Å²) < 4.78 is 5.24. The molecule has 76 valence electrons. The van der Waals surface area contributed by atoms with Crippen molar-refractivity contribution >= 4 is 5.90 Å². The molecule has 0 fully saturated rings. The van der Waals surface area contributed by atoms with Gasteiger partial charge in [-0.1, -0.05) is 32.0 Å². The molecule has 1 aromatic carbocycles. The molecule has 1 rings (SSSR count). The van der Waals surface area contributed by atoms with Crippen molar-refractivity contribution in [1.29, 1.82) is 0 Å². The molecule has 0 saturated heterocycles. The highest BCUT2D eigenvalue weighted by Crippen LogP contribution is 2.03. The lowest BCUT2D eigenvalue weighted by Crippen LogP contribution is -2.06. The van der Waals surface area contributed by atoms with Crippen LogP contribution in [0.2, 0.25) is 0 Å². The van der Waals surface area contributed by atoms with E-state index in [4.69, 9.17) is 4.74 Å². The Kier molecular flexibility index (Phi) is 4.17. The summed E-state index contributed by atoms with van der Waals surface area (Å²) in [4.78, 5) is 4.41. The predicted molar refractivity (Wildman–Crippen MR) is 59.7 cm³/mol. The second kappa shape index (κ2) is 5.43. The van der Waals surface area contributed by atoms with Crippen LogP contribution in [0.15, 0.2) is 35.3 Å². The molecule has 0 heterocycles. The summed E-state index contributed by atoms with van der Waals surface area (Å²) in [6.07, 6.45) is 0. The molecular formula is C12H17NO. The Balaban J connectivity index is 2.77. The van der Waals surface area contributed by atoms with Gasteiger partial charge in [0.2, 0.25) is 5.90 Å². The standard InChI is InChI=1S/C12H17NO/c1-10(2)9-13-12(14-3)11-7-5-4-6-8-11/h4-8,10H,9H2,1-3H3. The highest BCUT2D eigenvalue weighted by molar-refractivity contribution is 5.93. The first-order valence-corrected chi connectivity index (χ1v) is 4.88. The molecule has 0 radical (unpaired) electrons. The minimum Gasteiger partial charge on any atom is -0.481 e. The minimum atomic E-state index is 0.559. The van der Waals surface area contributed by atoms with Gasteiger partial charge in [0, 0.05) is 12.1 Å². The van der Waals surface area contributed by atoms with Gasteiger partial charge in [0.15, 0.2) is 0 Å². The van der Waals surface area contributed by atoms with Gasteiger partial charge in [-0.3, -0.25) is 4.99 Å². The molecule has 0 bridgehead atoms. The van der Waals surface area contributed by atoms with Crippen molar-refractivity contribution in [2.45, 2.75) is 13.8 Å². The summed E-state index contributed by atoms with van der Waals surface area (Å²) >= 11 is 0. The van der Waals surface area contributed by atoms with Crippen molar-refractivity contribution in [3.63, 3.8) is 0 Å². The summed E-state index contributed by atoms with van der Waals surface area (Å²) in [5.74, 6) is 1.28. The van der Waals surface area contributed by atoms with Crippen LogP contribution in [-0.4, -0.2) is 19.6 Å². The van der Waals surface area contributed by atoms with Gasteiger partial charge >= 0.3 is 0 Å². The average molecular weight is 191 g/mol. The van der Waals surface area contributed by atoms with E-state index < -0.39 is 0 Å². The Labute approximate surface area is 85.6 Å². The largest absolute Gasteiger partial charge is 0.481 e. The molecule has 1 aromatic rings. The van der Waals surface area contributed by atoms with Gasteiger partial charge in [0.25, 0.3) is 0 Å². The molecule has 0 atom stereocenters. The lowest BCUT2D eigenvalue weighted by Gasteiger charge is -2.06. The lowest BCUT2D eigenvalue weighted by molar-refractivity contribution is 0.400. The van der Waals surface area contributed by atoms with Gasteiger partial charge < -0.3 is 4.74 Å². The van der Waals surface area contributed by atoms with E-state index in [2.05, 4.69) is 18.8 Å². The zero-order valence-electron chi connectivity index (χ0n) is 9.03. The number of rotatable bonds is 3. The van der Waals surface area contributed by atoms with E-state index in [1.54, 1.807) is 7.11 Å². The molecule has 0 unspecified atom stereocenters. The summed E-state index contributed by atoms with van der Waals surface area (Å²) in [6.45, 7) is 5.08. The first-order chi connectivity index (χ1) is 6.74. The van der Waals surface area contributed by atoms with Crippen molar-refractivity contribution in [3.05, 3.63) is 35.9 Å². The molecule has 0 amide bonds. The molecule has 0 spiro atoms. The highest BCUT2D eigenvalue weighted by atomic mass is 16.5. The number of methoxy groups -OCH3 is 1. The smallest absolute Gasteiger partial charge is 0.215 e. The Morgan fingerprint density at radius 3 is 2.43 bits per heavy atom. The third-order valence-electron chi connectivity index (χ3n) is 1.81. The van der Waals surface area contributed by atoms with Gasteiger partial charge in [-0.25, -0.2) is 0 Å². The van der Waals surface area contributed by atoms with Crippen LogP contribution in [0.25, 0.3) is 0 Å². The number of nitrogens with zero attached hydrogens (tertiary/aromatic N) is 1. The molecule has 0 aliphatic heterocycles. The summed E-state index contributed by atoms with van der Waals surface area (Å²) in [5, 5.41) is 0. The van der Waals surface area contributed by atoms with E-state index >= 15 is 0 Å². The van der Waals surface area contributed by atoms with Crippen LogP contribution in [0.1, 0.15) is 19.4 Å². The molecular weight excluding hydrogens is 174 g/mol. The van der Waals surface area contributed by atoms with Crippen molar-refractivity contribution in [3.8, 4) is 0 Å². The fourth-order valence-electron chi connectivity index (χ4n) is 1.12. The fraction of sp³-hybridized carbons (Fsp3) is 0.417. The average Bonchev–Trinajstić information content (AvgIpc) is 2.20. The lowest BCUT2D eigenvalue weighted by atomic mass is 10.2. The van der Waals surface area contributed by atoms with Gasteiger partial charge in [-0.2, -0.15) is 0 Å². The number of aliphatic imine (C=N–C) groups is 1. The third kappa shape index (κ3) is 3.21. The monoisotopic (exact) mass is 191 g/mol. The Hall–Kier alpha value is -1.31.